The number of aryl methyl sites for hydroxylation is 2. The Labute approximate surface area is 129 Å². The van der Waals surface area contributed by atoms with E-state index in [4.69, 9.17) is 4.74 Å². The second kappa shape index (κ2) is 9.03. The van der Waals surface area contributed by atoms with E-state index in [1.807, 2.05) is 19.1 Å². The largest absolute Gasteiger partial charge is 0.491 e. The smallest absolute Gasteiger partial charge is 0.122 e. The van der Waals surface area contributed by atoms with Gasteiger partial charge < -0.3 is 20.1 Å². The average molecular weight is 294 g/mol. The van der Waals surface area contributed by atoms with E-state index in [2.05, 4.69) is 44.2 Å². The molecule has 0 heterocycles. The Morgan fingerprint density at radius 2 is 2.00 bits per heavy atom. The summed E-state index contributed by atoms with van der Waals surface area (Å²) in [6.07, 6.45) is 0.574. The third-order valence-corrected chi connectivity index (χ3v) is 3.47. The fourth-order valence-corrected chi connectivity index (χ4v) is 2.10. The standard InChI is InChI=1S/C17H30N2O2/c1-13-6-7-17(14(2)10-13)21-12-16(20)11-18-15(3)8-9-19(4)5/h6-7,10,15-16,18,20H,8-9,11-12H2,1-5H3. The average Bonchev–Trinajstić information content (AvgIpc) is 2.41. The van der Waals surface area contributed by atoms with E-state index in [0.717, 1.165) is 24.3 Å². The van der Waals surface area contributed by atoms with Gasteiger partial charge in [-0.3, -0.25) is 0 Å². The van der Waals surface area contributed by atoms with Crippen LogP contribution in [0, 0.1) is 13.8 Å². The Hall–Kier alpha value is -1.10. The lowest BCUT2D eigenvalue weighted by molar-refractivity contribution is 0.103. The van der Waals surface area contributed by atoms with Gasteiger partial charge in [0.1, 0.15) is 18.5 Å². The lowest BCUT2D eigenvalue weighted by Gasteiger charge is -2.19. The zero-order valence-corrected chi connectivity index (χ0v) is 14.0. The number of aliphatic hydroxyl groups is 1. The number of aliphatic hydroxyl groups excluding tert-OH is 1. The lowest BCUT2D eigenvalue weighted by Crippen LogP contribution is -2.37. The summed E-state index contributed by atoms with van der Waals surface area (Å²) in [5.74, 6) is 0.848. The van der Waals surface area contributed by atoms with Crippen molar-refractivity contribution in [2.45, 2.75) is 39.3 Å². The van der Waals surface area contributed by atoms with Crippen LogP contribution in [0.25, 0.3) is 0 Å². The first-order valence-corrected chi connectivity index (χ1v) is 7.64. The number of hydrogen-bond donors (Lipinski definition) is 2. The highest BCUT2D eigenvalue weighted by molar-refractivity contribution is 5.35. The van der Waals surface area contributed by atoms with Gasteiger partial charge in [0.05, 0.1) is 0 Å². The molecule has 1 aromatic carbocycles. The highest BCUT2D eigenvalue weighted by Gasteiger charge is 2.09. The Morgan fingerprint density at radius 1 is 1.29 bits per heavy atom. The van der Waals surface area contributed by atoms with Gasteiger partial charge in [-0.1, -0.05) is 17.7 Å². The number of hydrogen-bond acceptors (Lipinski definition) is 4. The molecular formula is C17H30N2O2. The number of ether oxygens (including phenoxy) is 1. The lowest BCUT2D eigenvalue weighted by atomic mass is 10.1. The molecule has 0 fully saturated rings. The molecule has 120 valence electrons. The summed E-state index contributed by atoms with van der Waals surface area (Å²) in [6.45, 7) is 8.14. The molecule has 0 saturated carbocycles. The van der Waals surface area contributed by atoms with Gasteiger partial charge in [-0.25, -0.2) is 0 Å². The normalized spacial score (nSPS) is 14.2. The Kier molecular flexibility index (Phi) is 7.72. The second-order valence-electron chi connectivity index (χ2n) is 6.14. The molecule has 1 aromatic rings. The molecule has 4 heteroatoms. The first-order chi connectivity index (χ1) is 9.88. The highest BCUT2D eigenvalue weighted by Crippen LogP contribution is 2.18. The summed E-state index contributed by atoms with van der Waals surface area (Å²) in [6, 6.07) is 6.47. The summed E-state index contributed by atoms with van der Waals surface area (Å²) < 4.78 is 5.69. The third-order valence-electron chi connectivity index (χ3n) is 3.47. The molecule has 0 aromatic heterocycles. The molecule has 2 unspecified atom stereocenters. The van der Waals surface area contributed by atoms with E-state index < -0.39 is 6.10 Å². The van der Waals surface area contributed by atoms with Crippen molar-refractivity contribution in [3.63, 3.8) is 0 Å². The fourth-order valence-electron chi connectivity index (χ4n) is 2.10. The van der Waals surface area contributed by atoms with Crippen molar-refractivity contribution in [2.75, 3.05) is 33.8 Å². The molecule has 0 saturated heterocycles. The van der Waals surface area contributed by atoms with E-state index in [0.29, 0.717) is 19.2 Å². The molecule has 0 aliphatic carbocycles. The molecule has 0 radical (unpaired) electrons. The predicted molar refractivity (Wildman–Crippen MR) is 88.1 cm³/mol. The summed E-state index contributed by atoms with van der Waals surface area (Å²) in [7, 11) is 4.14. The summed E-state index contributed by atoms with van der Waals surface area (Å²) in [5, 5.41) is 13.3. The van der Waals surface area contributed by atoms with Crippen LogP contribution in [0.1, 0.15) is 24.5 Å². The summed E-state index contributed by atoms with van der Waals surface area (Å²) in [4.78, 5) is 2.16. The maximum Gasteiger partial charge on any atom is 0.122 e. The van der Waals surface area contributed by atoms with Crippen molar-refractivity contribution in [3.8, 4) is 5.75 Å². The minimum atomic E-state index is -0.493. The van der Waals surface area contributed by atoms with Crippen molar-refractivity contribution in [1.29, 1.82) is 0 Å². The van der Waals surface area contributed by atoms with Crippen molar-refractivity contribution in [1.82, 2.24) is 10.2 Å². The van der Waals surface area contributed by atoms with Crippen molar-refractivity contribution in [2.24, 2.45) is 0 Å². The molecule has 0 bridgehead atoms. The Balaban J connectivity index is 2.26. The molecule has 0 aliphatic rings. The molecule has 2 N–H and O–H groups in total. The fraction of sp³-hybridized carbons (Fsp3) is 0.647. The minimum Gasteiger partial charge on any atom is -0.491 e. The second-order valence-corrected chi connectivity index (χ2v) is 6.14. The molecule has 1 rings (SSSR count). The summed E-state index contributed by atoms with van der Waals surface area (Å²) in [5.41, 5.74) is 2.33. The third kappa shape index (κ3) is 7.46. The van der Waals surface area contributed by atoms with Crippen molar-refractivity contribution < 1.29 is 9.84 Å². The van der Waals surface area contributed by atoms with Gasteiger partial charge in [0.25, 0.3) is 0 Å². The van der Waals surface area contributed by atoms with Crippen LogP contribution in [-0.2, 0) is 0 Å². The maximum absolute atomic E-state index is 9.98. The number of rotatable bonds is 9. The van der Waals surface area contributed by atoms with Gasteiger partial charge in [-0.05, 0) is 59.5 Å². The predicted octanol–water partition coefficient (Wildman–Crippen LogP) is 1.97. The van der Waals surface area contributed by atoms with Gasteiger partial charge in [0, 0.05) is 12.6 Å². The molecule has 0 aliphatic heterocycles. The molecule has 4 nitrogen and oxygen atoms in total. The molecular weight excluding hydrogens is 264 g/mol. The van der Waals surface area contributed by atoms with Crippen LogP contribution in [-0.4, -0.2) is 55.9 Å². The van der Waals surface area contributed by atoms with Crippen LogP contribution < -0.4 is 10.1 Å². The van der Waals surface area contributed by atoms with Crippen molar-refractivity contribution in [3.05, 3.63) is 29.3 Å². The van der Waals surface area contributed by atoms with Gasteiger partial charge in [-0.2, -0.15) is 0 Å². The molecule has 0 amide bonds. The van der Waals surface area contributed by atoms with E-state index in [-0.39, 0.29) is 0 Å². The van der Waals surface area contributed by atoms with E-state index in [1.54, 1.807) is 0 Å². The Morgan fingerprint density at radius 3 is 2.62 bits per heavy atom. The van der Waals surface area contributed by atoms with Crippen LogP contribution in [0.4, 0.5) is 0 Å². The van der Waals surface area contributed by atoms with E-state index >= 15 is 0 Å². The molecule has 0 spiro atoms. The van der Waals surface area contributed by atoms with Crippen LogP contribution in [0.5, 0.6) is 5.75 Å². The van der Waals surface area contributed by atoms with Crippen LogP contribution >= 0.6 is 0 Å². The monoisotopic (exact) mass is 294 g/mol. The number of nitrogens with one attached hydrogen (secondary N) is 1. The SMILES string of the molecule is Cc1ccc(OCC(O)CNC(C)CCN(C)C)c(C)c1. The molecule has 21 heavy (non-hydrogen) atoms. The zero-order valence-electron chi connectivity index (χ0n) is 14.0. The first kappa shape index (κ1) is 18.0. The van der Waals surface area contributed by atoms with Gasteiger partial charge in [0.2, 0.25) is 0 Å². The van der Waals surface area contributed by atoms with Gasteiger partial charge in [-0.15, -0.1) is 0 Å². The minimum absolute atomic E-state index is 0.317. The Bertz CT molecular complexity index is 421. The highest BCUT2D eigenvalue weighted by atomic mass is 16.5. The van der Waals surface area contributed by atoms with Gasteiger partial charge >= 0.3 is 0 Å². The van der Waals surface area contributed by atoms with E-state index in [9.17, 15) is 5.11 Å². The number of benzene rings is 1. The zero-order chi connectivity index (χ0) is 15.8. The van der Waals surface area contributed by atoms with Crippen LogP contribution in [0.2, 0.25) is 0 Å². The van der Waals surface area contributed by atoms with Crippen LogP contribution in [0.3, 0.4) is 0 Å². The first-order valence-electron chi connectivity index (χ1n) is 7.64. The number of nitrogens with zero attached hydrogens (tertiary/aromatic N) is 1. The van der Waals surface area contributed by atoms with E-state index in [1.165, 1.54) is 5.56 Å². The molecule has 2 atom stereocenters. The maximum atomic E-state index is 9.98. The quantitative estimate of drug-likeness (QED) is 0.731. The topological polar surface area (TPSA) is 44.7 Å². The summed E-state index contributed by atoms with van der Waals surface area (Å²) >= 11 is 0. The van der Waals surface area contributed by atoms with Crippen LogP contribution in [0.15, 0.2) is 18.2 Å². The van der Waals surface area contributed by atoms with Crippen molar-refractivity contribution >= 4 is 0 Å². The van der Waals surface area contributed by atoms with Gasteiger partial charge in [0.15, 0.2) is 0 Å².